The fraction of sp³-hybridized carbons (Fsp3) is 0.100. The van der Waals surface area contributed by atoms with Gasteiger partial charge in [0.05, 0.1) is 12.2 Å². The molecule has 0 atom stereocenters. The smallest absolute Gasteiger partial charge is 0.131 e. The van der Waals surface area contributed by atoms with Crippen LogP contribution in [0.4, 0.5) is 11.6 Å². The molecule has 0 aliphatic heterocycles. The lowest BCUT2D eigenvalue weighted by molar-refractivity contribution is 1.02. The number of nitrogens with one attached hydrogen (secondary N) is 1. The first-order chi connectivity index (χ1) is 7.34. The van der Waals surface area contributed by atoms with Gasteiger partial charge in [-0.2, -0.15) is 0 Å². The first-order valence-electron chi connectivity index (χ1n) is 4.56. The lowest BCUT2D eigenvalue weighted by atomic mass is 10.3. The summed E-state index contributed by atoms with van der Waals surface area (Å²) in [6.07, 6.45) is 3.18. The van der Waals surface area contributed by atoms with E-state index >= 15 is 0 Å². The van der Waals surface area contributed by atoms with Crippen molar-refractivity contribution in [1.29, 1.82) is 0 Å². The van der Waals surface area contributed by atoms with E-state index in [-0.39, 0.29) is 0 Å². The number of anilines is 2. The van der Waals surface area contributed by atoms with E-state index in [1.165, 1.54) is 6.33 Å². The molecule has 0 aliphatic carbocycles. The van der Waals surface area contributed by atoms with Crippen molar-refractivity contribution < 1.29 is 0 Å². The third kappa shape index (κ3) is 2.63. The molecule has 0 radical (unpaired) electrons. The number of aromatic nitrogens is 3. The molecule has 2 aromatic heterocycles. The molecule has 0 saturated carbocycles. The number of hydrogen-bond acceptors (Lipinski definition) is 5. The van der Waals surface area contributed by atoms with Crippen LogP contribution in [-0.2, 0) is 6.54 Å². The predicted octanol–water partition coefficient (Wildman–Crippen LogP) is 1.07. The van der Waals surface area contributed by atoms with Gasteiger partial charge in [-0.15, -0.1) is 0 Å². The van der Waals surface area contributed by atoms with Gasteiger partial charge < -0.3 is 11.1 Å². The second-order valence-corrected chi connectivity index (χ2v) is 3.00. The monoisotopic (exact) mass is 201 g/mol. The molecule has 5 heteroatoms. The van der Waals surface area contributed by atoms with Crippen molar-refractivity contribution in [2.45, 2.75) is 6.54 Å². The maximum absolute atomic E-state index is 5.52. The van der Waals surface area contributed by atoms with Crippen molar-refractivity contribution in [3.8, 4) is 0 Å². The lowest BCUT2D eigenvalue weighted by Gasteiger charge is -2.04. The van der Waals surface area contributed by atoms with Gasteiger partial charge in [-0.1, -0.05) is 6.07 Å². The molecule has 2 heterocycles. The van der Waals surface area contributed by atoms with Crippen LogP contribution in [-0.4, -0.2) is 15.0 Å². The number of rotatable bonds is 3. The van der Waals surface area contributed by atoms with Crippen LogP contribution in [0.2, 0.25) is 0 Å². The highest BCUT2D eigenvalue weighted by Crippen LogP contribution is 2.06. The lowest BCUT2D eigenvalue weighted by Crippen LogP contribution is -2.03. The summed E-state index contributed by atoms with van der Waals surface area (Å²) in [5.41, 5.74) is 6.47. The third-order valence-corrected chi connectivity index (χ3v) is 1.87. The summed E-state index contributed by atoms with van der Waals surface area (Å²) >= 11 is 0. The van der Waals surface area contributed by atoms with Crippen LogP contribution >= 0.6 is 0 Å². The second-order valence-electron chi connectivity index (χ2n) is 3.00. The average molecular weight is 201 g/mol. The Morgan fingerprint density at radius 1 is 1.20 bits per heavy atom. The van der Waals surface area contributed by atoms with E-state index in [1.54, 1.807) is 12.3 Å². The summed E-state index contributed by atoms with van der Waals surface area (Å²) in [6, 6.07) is 7.45. The molecule has 0 unspecified atom stereocenters. The zero-order valence-corrected chi connectivity index (χ0v) is 8.09. The number of nitrogen functional groups attached to an aromatic ring is 1. The molecule has 15 heavy (non-hydrogen) atoms. The minimum Gasteiger partial charge on any atom is -0.384 e. The Bertz CT molecular complexity index is 429. The quantitative estimate of drug-likeness (QED) is 0.776. The maximum atomic E-state index is 5.52. The molecule has 0 bridgehead atoms. The predicted molar refractivity (Wildman–Crippen MR) is 58.0 cm³/mol. The topological polar surface area (TPSA) is 76.7 Å². The molecule has 0 fully saturated rings. The molecule has 0 saturated heterocycles. The average Bonchev–Trinajstić information content (AvgIpc) is 2.28. The van der Waals surface area contributed by atoms with E-state index in [0.29, 0.717) is 18.2 Å². The molecule has 3 N–H and O–H groups in total. The number of nitrogens with two attached hydrogens (primary N) is 1. The van der Waals surface area contributed by atoms with Crippen molar-refractivity contribution in [3.63, 3.8) is 0 Å². The largest absolute Gasteiger partial charge is 0.384 e. The van der Waals surface area contributed by atoms with Crippen molar-refractivity contribution in [2.24, 2.45) is 0 Å². The highest BCUT2D eigenvalue weighted by Gasteiger charge is 1.96. The Morgan fingerprint density at radius 2 is 2.13 bits per heavy atom. The summed E-state index contributed by atoms with van der Waals surface area (Å²) in [6.45, 7) is 0.622. The highest BCUT2D eigenvalue weighted by molar-refractivity contribution is 5.43. The Balaban J connectivity index is 1.99. The molecular weight excluding hydrogens is 190 g/mol. The van der Waals surface area contributed by atoms with Gasteiger partial charge in [0.25, 0.3) is 0 Å². The highest BCUT2D eigenvalue weighted by atomic mass is 15.0. The van der Waals surface area contributed by atoms with Crippen molar-refractivity contribution >= 4 is 11.6 Å². The molecule has 2 rings (SSSR count). The molecule has 0 amide bonds. The van der Waals surface area contributed by atoms with Crippen LogP contribution in [0.3, 0.4) is 0 Å². The van der Waals surface area contributed by atoms with Crippen molar-refractivity contribution in [2.75, 3.05) is 11.1 Å². The summed E-state index contributed by atoms with van der Waals surface area (Å²) in [5, 5.41) is 3.11. The zero-order valence-electron chi connectivity index (χ0n) is 8.09. The van der Waals surface area contributed by atoms with Crippen LogP contribution < -0.4 is 11.1 Å². The van der Waals surface area contributed by atoms with Crippen LogP contribution in [0.15, 0.2) is 36.8 Å². The van der Waals surface area contributed by atoms with E-state index < -0.39 is 0 Å². The first-order valence-corrected chi connectivity index (χ1v) is 4.56. The van der Waals surface area contributed by atoms with Crippen LogP contribution in [0.5, 0.6) is 0 Å². The molecule has 0 aromatic carbocycles. The number of pyridine rings is 1. The molecule has 0 aliphatic rings. The van der Waals surface area contributed by atoms with Gasteiger partial charge >= 0.3 is 0 Å². The van der Waals surface area contributed by atoms with E-state index in [4.69, 9.17) is 5.73 Å². The Kier molecular flexibility index (Phi) is 2.73. The molecule has 76 valence electrons. The standard InChI is InChI=1S/C10H11N5/c11-9-5-10(15-7-14-9)13-6-8-3-1-2-4-12-8/h1-5,7H,6H2,(H3,11,13,14,15). The number of nitrogens with zero attached hydrogens (tertiary/aromatic N) is 3. The van der Waals surface area contributed by atoms with E-state index in [2.05, 4.69) is 20.3 Å². The Morgan fingerprint density at radius 3 is 2.87 bits per heavy atom. The summed E-state index contributed by atoms with van der Waals surface area (Å²) in [4.78, 5) is 12.0. The molecule has 0 spiro atoms. The maximum Gasteiger partial charge on any atom is 0.131 e. The van der Waals surface area contributed by atoms with Gasteiger partial charge in [0.15, 0.2) is 0 Å². The summed E-state index contributed by atoms with van der Waals surface area (Å²) in [5.74, 6) is 1.15. The minimum absolute atomic E-state index is 0.452. The van der Waals surface area contributed by atoms with E-state index in [1.807, 2.05) is 18.2 Å². The summed E-state index contributed by atoms with van der Waals surface area (Å²) in [7, 11) is 0. The van der Waals surface area contributed by atoms with Crippen LogP contribution in [0.25, 0.3) is 0 Å². The van der Waals surface area contributed by atoms with E-state index in [0.717, 1.165) is 5.69 Å². The third-order valence-electron chi connectivity index (χ3n) is 1.87. The molecule has 2 aromatic rings. The van der Waals surface area contributed by atoms with Crippen LogP contribution in [0, 0.1) is 0 Å². The first kappa shape index (κ1) is 9.39. The second kappa shape index (κ2) is 4.36. The van der Waals surface area contributed by atoms with Gasteiger partial charge in [-0.25, -0.2) is 9.97 Å². The fourth-order valence-electron chi connectivity index (χ4n) is 1.15. The van der Waals surface area contributed by atoms with Crippen LogP contribution in [0.1, 0.15) is 5.69 Å². The number of hydrogen-bond donors (Lipinski definition) is 2. The van der Waals surface area contributed by atoms with Gasteiger partial charge in [0, 0.05) is 12.3 Å². The van der Waals surface area contributed by atoms with Gasteiger partial charge in [-0.3, -0.25) is 4.98 Å². The van der Waals surface area contributed by atoms with E-state index in [9.17, 15) is 0 Å². The van der Waals surface area contributed by atoms with Gasteiger partial charge in [0.1, 0.15) is 18.0 Å². The Labute approximate surface area is 87.4 Å². The normalized spacial score (nSPS) is 9.87. The molecular formula is C10H11N5. The molecule has 5 nitrogen and oxygen atoms in total. The zero-order chi connectivity index (χ0) is 10.5. The van der Waals surface area contributed by atoms with Gasteiger partial charge in [0.2, 0.25) is 0 Å². The Hall–Kier alpha value is -2.17. The SMILES string of the molecule is Nc1cc(NCc2ccccn2)ncn1. The fourth-order valence-corrected chi connectivity index (χ4v) is 1.15. The van der Waals surface area contributed by atoms with Crippen molar-refractivity contribution in [3.05, 3.63) is 42.5 Å². The van der Waals surface area contributed by atoms with Gasteiger partial charge in [-0.05, 0) is 12.1 Å². The summed E-state index contributed by atoms with van der Waals surface area (Å²) < 4.78 is 0. The minimum atomic E-state index is 0.452. The van der Waals surface area contributed by atoms with Crippen molar-refractivity contribution in [1.82, 2.24) is 15.0 Å².